The highest BCUT2D eigenvalue weighted by Gasteiger charge is 2.34. The molecule has 0 N–H and O–H groups in total. The third kappa shape index (κ3) is 5.09. The lowest BCUT2D eigenvalue weighted by atomic mass is 10.1. The van der Waals surface area contributed by atoms with E-state index in [0.717, 1.165) is 19.3 Å². The van der Waals surface area contributed by atoms with E-state index in [2.05, 4.69) is 0 Å². The van der Waals surface area contributed by atoms with Gasteiger partial charge in [-0.1, -0.05) is 12.8 Å². The SMILES string of the molecule is CCOC(=O)[C@H]1CCCCCN1C(=O)OC(C)(C)C. The molecule has 0 spiro atoms. The molecule has 5 heteroatoms. The molecule has 1 fully saturated rings. The topological polar surface area (TPSA) is 55.8 Å². The summed E-state index contributed by atoms with van der Waals surface area (Å²) in [4.78, 5) is 25.7. The third-order valence-corrected chi connectivity index (χ3v) is 2.94. The molecule has 0 radical (unpaired) electrons. The maximum Gasteiger partial charge on any atom is 0.411 e. The fraction of sp³-hybridized carbons (Fsp3) is 0.857. The predicted molar refractivity (Wildman–Crippen MR) is 71.8 cm³/mol. The molecule has 5 nitrogen and oxygen atoms in total. The number of rotatable bonds is 2. The van der Waals surface area contributed by atoms with Gasteiger partial charge in [0.1, 0.15) is 11.6 Å². The van der Waals surface area contributed by atoms with Crippen LogP contribution < -0.4 is 0 Å². The fourth-order valence-corrected chi connectivity index (χ4v) is 2.13. The lowest BCUT2D eigenvalue weighted by Crippen LogP contribution is -2.47. The van der Waals surface area contributed by atoms with Crippen LogP contribution in [0.4, 0.5) is 4.79 Å². The molecule has 0 aromatic rings. The van der Waals surface area contributed by atoms with Gasteiger partial charge >= 0.3 is 12.1 Å². The monoisotopic (exact) mass is 271 g/mol. The molecular formula is C14H25NO4. The minimum absolute atomic E-state index is 0.324. The summed E-state index contributed by atoms with van der Waals surface area (Å²) in [5.41, 5.74) is -0.553. The lowest BCUT2D eigenvalue weighted by Gasteiger charge is -2.30. The molecule has 110 valence electrons. The summed E-state index contributed by atoms with van der Waals surface area (Å²) in [6.45, 7) is 8.12. The number of hydrogen-bond acceptors (Lipinski definition) is 4. The van der Waals surface area contributed by atoms with Crippen LogP contribution in [0.25, 0.3) is 0 Å². The highest BCUT2D eigenvalue weighted by molar-refractivity contribution is 5.81. The quantitative estimate of drug-likeness (QED) is 0.725. The molecule has 1 heterocycles. The largest absolute Gasteiger partial charge is 0.464 e. The second kappa shape index (κ2) is 6.78. The molecule has 0 saturated carbocycles. The highest BCUT2D eigenvalue weighted by Crippen LogP contribution is 2.21. The number of esters is 1. The molecule has 1 aliphatic rings. The van der Waals surface area contributed by atoms with Gasteiger partial charge in [-0.15, -0.1) is 0 Å². The third-order valence-electron chi connectivity index (χ3n) is 2.94. The number of amides is 1. The first-order valence-corrected chi connectivity index (χ1v) is 7.01. The van der Waals surface area contributed by atoms with E-state index in [4.69, 9.17) is 9.47 Å². The number of carbonyl (C=O) groups excluding carboxylic acids is 2. The number of carbonyl (C=O) groups is 2. The van der Waals surface area contributed by atoms with Gasteiger partial charge in [0.05, 0.1) is 6.61 Å². The zero-order valence-corrected chi connectivity index (χ0v) is 12.4. The number of ether oxygens (including phenoxy) is 2. The van der Waals surface area contributed by atoms with Crippen molar-refractivity contribution in [3.63, 3.8) is 0 Å². The molecule has 0 unspecified atom stereocenters. The van der Waals surface area contributed by atoms with E-state index in [1.807, 2.05) is 20.8 Å². The van der Waals surface area contributed by atoms with Gasteiger partial charge in [-0.25, -0.2) is 9.59 Å². The first-order valence-electron chi connectivity index (χ1n) is 7.01. The Morgan fingerprint density at radius 1 is 1.21 bits per heavy atom. The van der Waals surface area contributed by atoms with E-state index < -0.39 is 17.7 Å². The number of hydrogen-bond donors (Lipinski definition) is 0. The van der Waals surface area contributed by atoms with Crippen LogP contribution in [0.5, 0.6) is 0 Å². The Kier molecular flexibility index (Phi) is 5.63. The van der Waals surface area contributed by atoms with Gasteiger partial charge in [0.2, 0.25) is 0 Å². The molecule has 0 aromatic heterocycles. The average molecular weight is 271 g/mol. The minimum Gasteiger partial charge on any atom is -0.464 e. The Balaban J connectivity index is 2.78. The summed E-state index contributed by atoms with van der Waals surface area (Å²) in [6, 6.07) is -0.503. The average Bonchev–Trinajstić information content (AvgIpc) is 2.52. The van der Waals surface area contributed by atoms with E-state index >= 15 is 0 Å². The molecule has 1 saturated heterocycles. The van der Waals surface area contributed by atoms with E-state index in [1.54, 1.807) is 6.92 Å². The first kappa shape index (κ1) is 15.8. The van der Waals surface area contributed by atoms with Crippen molar-refractivity contribution >= 4 is 12.1 Å². The molecule has 1 rings (SSSR count). The van der Waals surface area contributed by atoms with Crippen LogP contribution in [0.1, 0.15) is 53.4 Å². The van der Waals surface area contributed by atoms with Crippen LogP contribution in [0, 0.1) is 0 Å². The Morgan fingerprint density at radius 2 is 1.89 bits per heavy atom. The van der Waals surface area contributed by atoms with Crippen molar-refractivity contribution < 1.29 is 19.1 Å². The van der Waals surface area contributed by atoms with Gasteiger partial charge in [0.25, 0.3) is 0 Å². The fourth-order valence-electron chi connectivity index (χ4n) is 2.13. The van der Waals surface area contributed by atoms with Gasteiger partial charge in [-0.3, -0.25) is 4.90 Å². The van der Waals surface area contributed by atoms with Crippen molar-refractivity contribution in [1.82, 2.24) is 4.90 Å². The van der Waals surface area contributed by atoms with Crippen molar-refractivity contribution in [2.45, 2.75) is 65.0 Å². The molecule has 1 atom stereocenters. The van der Waals surface area contributed by atoms with Crippen LogP contribution >= 0.6 is 0 Å². The lowest BCUT2D eigenvalue weighted by molar-refractivity contribution is -0.149. The summed E-state index contributed by atoms with van der Waals surface area (Å²) >= 11 is 0. The van der Waals surface area contributed by atoms with Gasteiger partial charge in [-0.05, 0) is 40.5 Å². The summed E-state index contributed by atoms with van der Waals surface area (Å²) < 4.78 is 10.4. The first-order chi connectivity index (χ1) is 8.85. The summed E-state index contributed by atoms with van der Waals surface area (Å²) in [6.07, 6.45) is 3.08. The molecule has 0 bridgehead atoms. The van der Waals surface area contributed by atoms with E-state index in [0.29, 0.717) is 19.6 Å². The van der Waals surface area contributed by atoms with Crippen molar-refractivity contribution in [3.8, 4) is 0 Å². The zero-order chi connectivity index (χ0) is 14.5. The van der Waals surface area contributed by atoms with Crippen molar-refractivity contribution in [2.75, 3.05) is 13.2 Å². The Bertz CT molecular complexity index is 322. The normalized spacial score (nSPS) is 20.6. The maximum absolute atomic E-state index is 12.2. The zero-order valence-electron chi connectivity index (χ0n) is 12.4. The summed E-state index contributed by atoms with van der Waals surface area (Å²) in [5.74, 6) is -0.324. The Morgan fingerprint density at radius 3 is 2.47 bits per heavy atom. The second-order valence-electron chi connectivity index (χ2n) is 5.79. The van der Waals surface area contributed by atoms with Crippen molar-refractivity contribution in [3.05, 3.63) is 0 Å². The smallest absolute Gasteiger partial charge is 0.411 e. The molecular weight excluding hydrogens is 246 g/mol. The van der Waals surface area contributed by atoms with Crippen molar-refractivity contribution in [2.24, 2.45) is 0 Å². The summed E-state index contributed by atoms with van der Waals surface area (Å²) in [5, 5.41) is 0. The van der Waals surface area contributed by atoms with E-state index in [9.17, 15) is 9.59 Å². The highest BCUT2D eigenvalue weighted by atomic mass is 16.6. The van der Waals surface area contributed by atoms with Gasteiger partial charge < -0.3 is 9.47 Å². The Labute approximate surface area is 115 Å². The van der Waals surface area contributed by atoms with Gasteiger partial charge in [0.15, 0.2) is 0 Å². The Hall–Kier alpha value is -1.26. The molecule has 1 amide bonds. The number of likely N-dealkylation sites (tertiary alicyclic amines) is 1. The molecule has 0 aliphatic carbocycles. The number of nitrogens with zero attached hydrogens (tertiary/aromatic N) is 1. The standard InChI is InChI=1S/C14H25NO4/c1-5-18-12(16)11-9-7-6-8-10-15(11)13(17)19-14(2,3)4/h11H,5-10H2,1-4H3/t11-/m1/s1. The second-order valence-corrected chi connectivity index (χ2v) is 5.79. The minimum atomic E-state index is -0.553. The van der Waals surface area contributed by atoms with E-state index in [-0.39, 0.29) is 5.97 Å². The van der Waals surface area contributed by atoms with Crippen LogP contribution in [0.3, 0.4) is 0 Å². The van der Waals surface area contributed by atoms with Crippen LogP contribution in [-0.2, 0) is 14.3 Å². The van der Waals surface area contributed by atoms with Crippen molar-refractivity contribution in [1.29, 1.82) is 0 Å². The molecule has 0 aromatic carbocycles. The molecule has 1 aliphatic heterocycles. The van der Waals surface area contributed by atoms with Crippen LogP contribution in [-0.4, -0.2) is 41.8 Å². The maximum atomic E-state index is 12.2. The van der Waals surface area contributed by atoms with Gasteiger partial charge in [-0.2, -0.15) is 0 Å². The predicted octanol–water partition coefficient (Wildman–Crippen LogP) is 2.73. The van der Waals surface area contributed by atoms with Gasteiger partial charge in [0, 0.05) is 6.54 Å². The summed E-state index contributed by atoms with van der Waals surface area (Å²) in [7, 11) is 0. The van der Waals surface area contributed by atoms with Crippen LogP contribution in [0.2, 0.25) is 0 Å². The van der Waals surface area contributed by atoms with Crippen LogP contribution in [0.15, 0.2) is 0 Å². The van der Waals surface area contributed by atoms with E-state index in [1.165, 1.54) is 4.90 Å². The molecule has 19 heavy (non-hydrogen) atoms.